The van der Waals surface area contributed by atoms with Gasteiger partial charge in [0, 0.05) is 50.0 Å². The lowest BCUT2D eigenvalue weighted by Crippen LogP contribution is -2.81. The van der Waals surface area contributed by atoms with Gasteiger partial charge in [0.05, 0.1) is 11.2 Å². The maximum Gasteiger partial charge on any atom is 0.354 e. The smallest absolute Gasteiger partial charge is 0.338 e. The third-order valence-corrected chi connectivity index (χ3v) is 8.13. The maximum atomic E-state index is 12.7. The number of benzene rings is 1. The van der Waals surface area contributed by atoms with Crippen LogP contribution in [0.2, 0.25) is 0 Å². The predicted octanol–water partition coefficient (Wildman–Crippen LogP) is 1.52. The van der Waals surface area contributed by atoms with Gasteiger partial charge in [-0.15, -0.1) is 12.4 Å². The molecule has 1 aliphatic heterocycles. The van der Waals surface area contributed by atoms with Crippen LogP contribution in [0.25, 0.3) is 5.69 Å². The van der Waals surface area contributed by atoms with Crippen LogP contribution in [0.4, 0.5) is 10.6 Å². The molecule has 4 aliphatic rings. The summed E-state index contributed by atoms with van der Waals surface area (Å²) in [5, 5.41) is 2.69. The van der Waals surface area contributed by atoms with Crippen molar-refractivity contribution in [3.63, 3.8) is 0 Å². The van der Waals surface area contributed by atoms with E-state index >= 15 is 0 Å². The van der Waals surface area contributed by atoms with Crippen molar-refractivity contribution in [2.24, 2.45) is 11.5 Å². The number of carbonyl (C=O) groups excluding carboxylic acids is 2. The standard InChI is InChI=1S/C27H38N8O3.ClH/c1-4-34(27-16-26(29,17-27)18-27)15-19-5-7-20(8-6-19)35-10-9-21(31-24(35)38)30-23(37)33-13-11-32(12-14-33)22(36)25(2,3)28;/h5-10H,4,11-18,28-29H2,1-3H3,(H,30,31,37,38);1H. The second-order valence-corrected chi connectivity index (χ2v) is 11.7. The number of anilines is 1. The number of carbonyl (C=O) groups is 2. The molecule has 12 heteroatoms. The zero-order chi connectivity index (χ0) is 27.3. The van der Waals surface area contributed by atoms with Crippen molar-refractivity contribution in [2.45, 2.75) is 63.2 Å². The van der Waals surface area contributed by atoms with Gasteiger partial charge in [-0.25, -0.2) is 9.59 Å². The quantitative estimate of drug-likeness (QED) is 0.467. The van der Waals surface area contributed by atoms with Crippen LogP contribution in [0.3, 0.4) is 0 Å². The summed E-state index contributed by atoms with van der Waals surface area (Å²) in [6.45, 7) is 8.93. The lowest BCUT2D eigenvalue weighted by atomic mass is 9.44. The minimum Gasteiger partial charge on any atom is -0.338 e. The van der Waals surface area contributed by atoms with Gasteiger partial charge in [0.25, 0.3) is 0 Å². The van der Waals surface area contributed by atoms with E-state index in [0.717, 1.165) is 32.4 Å². The number of piperazine rings is 1. The molecule has 1 saturated heterocycles. The molecule has 2 heterocycles. The monoisotopic (exact) mass is 558 g/mol. The Morgan fingerprint density at radius 2 is 1.64 bits per heavy atom. The van der Waals surface area contributed by atoms with E-state index in [4.69, 9.17) is 11.5 Å². The molecule has 5 N–H and O–H groups in total. The molecular weight excluding hydrogens is 520 g/mol. The van der Waals surface area contributed by atoms with E-state index in [1.165, 1.54) is 10.1 Å². The normalized spacial score (nSPS) is 23.9. The second-order valence-electron chi connectivity index (χ2n) is 11.7. The van der Waals surface area contributed by atoms with Crippen molar-refractivity contribution in [1.82, 2.24) is 24.3 Å². The Hall–Kier alpha value is -2.99. The molecule has 0 atom stereocenters. The Bertz CT molecular complexity index is 1260. The van der Waals surface area contributed by atoms with Crippen LogP contribution in [0.1, 0.15) is 45.6 Å². The molecule has 0 spiro atoms. The van der Waals surface area contributed by atoms with Crippen LogP contribution in [0.15, 0.2) is 41.3 Å². The minimum atomic E-state index is -0.945. The van der Waals surface area contributed by atoms with Gasteiger partial charge in [0.15, 0.2) is 0 Å². The molecule has 1 aromatic carbocycles. The lowest BCUT2D eigenvalue weighted by Gasteiger charge is -2.72. The average Bonchev–Trinajstić information content (AvgIpc) is 2.84. The summed E-state index contributed by atoms with van der Waals surface area (Å²) in [7, 11) is 0. The molecule has 3 saturated carbocycles. The van der Waals surface area contributed by atoms with Gasteiger partial charge in [-0.05, 0) is 63.4 Å². The number of urea groups is 1. The van der Waals surface area contributed by atoms with E-state index in [-0.39, 0.29) is 41.2 Å². The van der Waals surface area contributed by atoms with Crippen molar-refractivity contribution < 1.29 is 9.59 Å². The van der Waals surface area contributed by atoms with E-state index in [9.17, 15) is 14.4 Å². The van der Waals surface area contributed by atoms with Gasteiger partial charge in [0.1, 0.15) is 5.82 Å². The fourth-order valence-electron chi connectivity index (χ4n) is 6.12. The molecule has 212 valence electrons. The molecule has 2 aromatic rings. The van der Waals surface area contributed by atoms with Gasteiger partial charge in [-0.3, -0.25) is 19.6 Å². The zero-order valence-electron chi connectivity index (χ0n) is 22.9. The molecule has 3 aliphatic carbocycles. The average molecular weight is 559 g/mol. The van der Waals surface area contributed by atoms with E-state index in [1.54, 1.807) is 35.9 Å². The van der Waals surface area contributed by atoms with Crippen LogP contribution < -0.4 is 22.5 Å². The summed E-state index contributed by atoms with van der Waals surface area (Å²) in [6.07, 6.45) is 4.86. The van der Waals surface area contributed by atoms with E-state index in [2.05, 4.69) is 22.1 Å². The summed E-state index contributed by atoms with van der Waals surface area (Å²) in [5.41, 5.74) is 13.0. The van der Waals surface area contributed by atoms with Crippen LogP contribution in [0.5, 0.6) is 0 Å². The lowest BCUT2D eigenvalue weighted by molar-refractivity contribution is -0.164. The molecule has 2 bridgehead atoms. The number of rotatable bonds is 7. The molecule has 6 rings (SSSR count). The van der Waals surface area contributed by atoms with Crippen LogP contribution in [-0.4, -0.2) is 85.5 Å². The molecular formula is C27H39ClN8O3. The molecule has 11 nitrogen and oxygen atoms in total. The summed E-state index contributed by atoms with van der Waals surface area (Å²) >= 11 is 0. The summed E-state index contributed by atoms with van der Waals surface area (Å²) < 4.78 is 1.45. The Morgan fingerprint density at radius 3 is 2.15 bits per heavy atom. The third-order valence-electron chi connectivity index (χ3n) is 8.13. The van der Waals surface area contributed by atoms with Gasteiger partial charge in [-0.1, -0.05) is 19.1 Å². The largest absolute Gasteiger partial charge is 0.354 e. The van der Waals surface area contributed by atoms with E-state index in [0.29, 0.717) is 31.9 Å². The first-order chi connectivity index (χ1) is 17.9. The number of hydrogen-bond acceptors (Lipinski definition) is 7. The predicted molar refractivity (Wildman–Crippen MR) is 152 cm³/mol. The third kappa shape index (κ3) is 5.67. The molecule has 1 aromatic heterocycles. The SMILES string of the molecule is CCN(Cc1ccc(-n2ccc(NC(=O)N3CCN(C(=O)C(C)(C)N)CC3)nc2=O)cc1)C12CC(N)(C1)C2.Cl. The van der Waals surface area contributed by atoms with Crippen molar-refractivity contribution in [3.05, 3.63) is 52.6 Å². The number of nitrogens with one attached hydrogen (secondary N) is 1. The molecule has 3 amide bonds. The van der Waals surface area contributed by atoms with Crippen LogP contribution in [-0.2, 0) is 11.3 Å². The first-order valence-electron chi connectivity index (χ1n) is 13.3. The highest BCUT2D eigenvalue weighted by molar-refractivity contribution is 5.89. The number of nitrogens with zero attached hydrogens (tertiary/aromatic N) is 5. The number of halogens is 1. The topological polar surface area (TPSA) is 143 Å². The summed E-state index contributed by atoms with van der Waals surface area (Å²) in [6, 6.07) is 9.16. The van der Waals surface area contributed by atoms with Gasteiger partial charge in [0.2, 0.25) is 5.91 Å². The fourth-order valence-corrected chi connectivity index (χ4v) is 6.12. The van der Waals surface area contributed by atoms with Gasteiger partial charge in [-0.2, -0.15) is 4.98 Å². The van der Waals surface area contributed by atoms with Crippen molar-refractivity contribution in [1.29, 1.82) is 0 Å². The Labute approximate surface area is 234 Å². The first kappa shape index (κ1) is 29.0. The van der Waals surface area contributed by atoms with Crippen molar-refractivity contribution in [2.75, 3.05) is 38.0 Å². The minimum absolute atomic E-state index is 0. The highest BCUT2D eigenvalue weighted by atomic mass is 35.5. The van der Waals surface area contributed by atoms with Gasteiger partial charge < -0.3 is 21.3 Å². The van der Waals surface area contributed by atoms with Crippen molar-refractivity contribution >= 4 is 30.2 Å². The summed E-state index contributed by atoms with van der Waals surface area (Å²) in [4.78, 5) is 47.6. The molecule has 4 fully saturated rings. The number of aromatic nitrogens is 2. The highest BCUT2D eigenvalue weighted by Crippen LogP contribution is 2.62. The van der Waals surface area contributed by atoms with Gasteiger partial charge >= 0.3 is 11.7 Å². The number of nitrogens with two attached hydrogens (primary N) is 2. The first-order valence-corrected chi connectivity index (χ1v) is 13.3. The highest BCUT2D eigenvalue weighted by Gasteiger charge is 2.67. The fraction of sp³-hybridized carbons (Fsp3) is 0.556. The van der Waals surface area contributed by atoms with E-state index in [1.807, 2.05) is 24.3 Å². The molecule has 39 heavy (non-hydrogen) atoms. The summed E-state index contributed by atoms with van der Waals surface area (Å²) in [5.74, 6) is 0.0435. The van der Waals surface area contributed by atoms with Crippen molar-refractivity contribution in [3.8, 4) is 5.69 Å². The molecule has 0 unspecified atom stereocenters. The number of amides is 3. The Balaban J connectivity index is 0.00000353. The maximum absolute atomic E-state index is 12.7. The zero-order valence-corrected chi connectivity index (χ0v) is 23.7. The Morgan fingerprint density at radius 1 is 1.05 bits per heavy atom. The number of hydrogen-bond donors (Lipinski definition) is 3. The van der Waals surface area contributed by atoms with Crippen LogP contribution >= 0.6 is 12.4 Å². The van der Waals surface area contributed by atoms with Crippen LogP contribution in [0, 0.1) is 0 Å². The molecule has 0 radical (unpaired) electrons. The Kier molecular flexibility index (Phi) is 7.83. The van der Waals surface area contributed by atoms with E-state index < -0.39 is 11.2 Å². The second kappa shape index (κ2) is 10.5.